The van der Waals surface area contributed by atoms with Gasteiger partial charge < -0.3 is 5.73 Å². The maximum Gasteiger partial charge on any atom is 0.249 e. The lowest BCUT2D eigenvalue weighted by Crippen LogP contribution is -2.61. The molecule has 1 aromatic carbocycles. The van der Waals surface area contributed by atoms with E-state index in [-0.39, 0.29) is 100 Å². The van der Waals surface area contributed by atoms with E-state index in [2.05, 4.69) is 0 Å². The summed E-state index contributed by atoms with van der Waals surface area (Å²) >= 11 is 0. The van der Waals surface area contributed by atoms with Gasteiger partial charge in [0.25, 0.3) is 0 Å². The number of rotatable bonds is 11. The van der Waals surface area contributed by atoms with Crippen LogP contribution in [0.25, 0.3) is 0 Å². The van der Waals surface area contributed by atoms with Crippen LogP contribution in [0, 0.1) is 5.82 Å². The maximum atomic E-state index is 16.0. The summed E-state index contributed by atoms with van der Waals surface area (Å²) in [4.78, 5) is 16.7. The van der Waals surface area contributed by atoms with Crippen LogP contribution in [0.15, 0.2) is 12.1 Å². The first-order valence-corrected chi connectivity index (χ1v) is 20.8. The Bertz CT molecular complexity index is 1610. The Hall–Kier alpha value is -1.92. The summed E-state index contributed by atoms with van der Waals surface area (Å²) in [7, 11) is -6.90. The molecule has 2 aliphatic heterocycles. The summed E-state index contributed by atoms with van der Waals surface area (Å²) in [6.07, 6.45) is -1.28. The molecule has 2 saturated heterocycles. The zero-order valence-corrected chi connectivity index (χ0v) is 30.5. The first kappa shape index (κ1) is 39.3. The van der Waals surface area contributed by atoms with Crippen LogP contribution in [0.3, 0.4) is 0 Å². The number of benzene rings is 1. The number of piperazine rings is 2. The second kappa shape index (κ2) is 14.5. The van der Waals surface area contributed by atoms with Gasteiger partial charge in [0.05, 0.1) is 11.5 Å². The lowest BCUT2D eigenvalue weighted by Gasteiger charge is -2.51. The molecule has 2 saturated carbocycles. The van der Waals surface area contributed by atoms with Gasteiger partial charge in [-0.2, -0.15) is 8.61 Å². The molecule has 10 nitrogen and oxygen atoms in total. The summed E-state index contributed by atoms with van der Waals surface area (Å²) in [6.45, 7) is 5.02. The number of halogens is 5. The second-order valence-corrected chi connectivity index (χ2v) is 19.1. The molecule has 17 heteroatoms. The molecule has 1 aromatic rings. The molecule has 0 unspecified atom stereocenters. The number of carbonyl (C=O) groups is 1. The zero-order valence-electron chi connectivity index (χ0n) is 28.9. The highest BCUT2D eigenvalue weighted by atomic mass is 32.2. The number of alkyl halides is 4. The van der Waals surface area contributed by atoms with Crippen LogP contribution in [-0.4, -0.2) is 128 Å². The van der Waals surface area contributed by atoms with E-state index in [0.29, 0.717) is 18.7 Å². The molecular formula is C33H50F5N5O5S2. The van der Waals surface area contributed by atoms with Crippen molar-refractivity contribution < 1.29 is 43.6 Å². The Morgan fingerprint density at radius 3 is 1.34 bits per heavy atom. The number of carbonyl (C=O) groups excluding carboxylic acids is 1. The fraction of sp³-hybridized carbons (Fsp3) is 0.788. The van der Waals surface area contributed by atoms with Crippen molar-refractivity contribution in [2.75, 3.05) is 63.9 Å². The molecule has 2 aliphatic carbocycles. The monoisotopic (exact) mass is 755 g/mol. The average molecular weight is 756 g/mol. The smallest absolute Gasteiger partial charge is 0.249 e. The zero-order chi connectivity index (χ0) is 36.8. The molecule has 2 N–H and O–H groups in total. The predicted octanol–water partition coefficient (Wildman–Crippen LogP) is 3.84. The molecule has 50 heavy (non-hydrogen) atoms. The number of hydrogen-bond acceptors (Lipinski definition) is 7. The fourth-order valence-corrected chi connectivity index (χ4v) is 10.7. The molecule has 2 heterocycles. The van der Waals surface area contributed by atoms with Crippen molar-refractivity contribution in [2.24, 2.45) is 5.73 Å². The van der Waals surface area contributed by atoms with E-state index in [1.165, 1.54) is 14.7 Å². The molecule has 1 amide bonds. The molecule has 4 aliphatic rings. The molecule has 4 fully saturated rings. The third kappa shape index (κ3) is 8.32. The van der Waals surface area contributed by atoms with E-state index in [4.69, 9.17) is 5.73 Å². The van der Waals surface area contributed by atoms with E-state index in [0.717, 1.165) is 6.07 Å². The van der Waals surface area contributed by atoms with Crippen molar-refractivity contribution >= 4 is 26.0 Å². The Balaban J connectivity index is 1.47. The Morgan fingerprint density at radius 2 is 1.00 bits per heavy atom. The maximum absolute atomic E-state index is 16.0. The summed E-state index contributed by atoms with van der Waals surface area (Å²) < 4.78 is 127. The largest absolute Gasteiger partial charge is 0.366 e. The molecule has 5 rings (SSSR count). The normalized spacial score (nSPS) is 25.3. The topological polar surface area (TPSA) is 124 Å². The third-order valence-corrected chi connectivity index (χ3v) is 15.5. The molecule has 0 spiro atoms. The van der Waals surface area contributed by atoms with Gasteiger partial charge in [-0.05, 0) is 69.6 Å². The van der Waals surface area contributed by atoms with Crippen LogP contribution in [0.4, 0.5) is 22.0 Å². The predicted molar refractivity (Wildman–Crippen MR) is 180 cm³/mol. The summed E-state index contributed by atoms with van der Waals surface area (Å²) in [5.41, 5.74) is 4.44. The quantitative estimate of drug-likeness (QED) is 0.341. The van der Waals surface area contributed by atoms with Crippen molar-refractivity contribution in [2.45, 2.75) is 101 Å². The minimum atomic E-state index is -3.45. The number of nitrogens with zero attached hydrogens (tertiary/aromatic N) is 4. The second-order valence-electron chi connectivity index (χ2n) is 14.6. The molecule has 284 valence electrons. The Morgan fingerprint density at radius 1 is 0.640 bits per heavy atom. The third-order valence-electron chi connectivity index (χ3n) is 11.7. The minimum absolute atomic E-state index is 0.0279. The first-order valence-electron chi connectivity index (χ1n) is 17.6. The molecule has 0 radical (unpaired) electrons. The molecule has 0 atom stereocenters. The number of amides is 1. The summed E-state index contributed by atoms with van der Waals surface area (Å²) in [5.74, 6) is -7.50. The van der Waals surface area contributed by atoms with Crippen molar-refractivity contribution in [1.29, 1.82) is 0 Å². The van der Waals surface area contributed by atoms with Crippen molar-refractivity contribution in [3.63, 3.8) is 0 Å². The molecular weight excluding hydrogens is 706 g/mol. The van der Waals surface area contributed by atoms with Crippen molar-refractivity contribution in [3.8, 4) is 0 Å². The van der Waals surface area contributed by atoms with E-state index in [9.17, 15) is 39.2 Å². The van der Waals surface area contributed by atoms with Gasteiger partial charge in [0, 0.05) is 94.7 Å². The lowest BCUT2D eigenvalue weighted by molar-refractivity contribution is -0.0871. The SMILES string of the molecule is CCS(=O)(=O)N1CCN(C2(Cc3cc(CC4(N5CCN(S(=O)(=O)CC)CC5)CCC(F)(F)CC4)c(C(N)=O)cc3F)CCC(F)(F)CC2)CC1. The standard InChI is InChI=1S/C33H50F5N5O5S2/c1-3-49(45,46)42-17-13-40(14-18-42)30(5-9-32(35,36)10-6-30)23-25-21-26(28(34)22-27(25)29(39)44)24-31(7-11-33(37,38)12-8-31)41-15-19-43(20-16-41)50(47,48)4-2/h21-22H,3-20,23-24H2,1-2H3,(H2,39,44). The Labute approximate surface area is 292 Å². The minimum Gasteiger partial charge on any atom is -0.366 e. The van der Waals surface area contributed by atoms with Crippen LogP contribution in [0.5, 0.6) is 0 Å². The van der Waals surface area contributed by atoms with E-state index < -0.39 is 80.4 Å². The first-order chi connectivity index (χ1) is 23.3. The van der Waals surface area contributed by atoms with Crippen LogP contribution >= 0.6 is 0 Å². The highest BCUT2D eigenvalue weighted by Crippen LogP contribution is 2.46. The van der Waals surface area contributed by atoms with Crippen molar-refractivity contribution in [1.82, 2.24) is 18.4 Å². The van der Waals surface area contributed by atoms with Gasteiger partial charge in [-0.15, -0.1) is 0 Å². The van der Waals surface area contributed by atoms with E-state index in [1.807, 2.05) is 9.80 Å². The van der Waals surface area contributed by atoms with Gasteiger partial charge in [-0.25, -0.2) is 38.8 Å². The highest BCUT2D eigenvalue weighted by molar-refractivity contribution is 7.89. The van der Waals surface area contributed by atoms with Crippen LogP contribution in [0.2, 0.25) is 0 Å². The lowest BCUT2D eigenvalue weighted by atomic mass is 9.72. The Kier molecular flexibility index (Phi) is 11.4. The van der Waals surface area contributed by atoms with Gasteiger partial charge in [0.15, 0.2) is 0 Å². The molecule has 0 bridgehead atoms. The highest BCUT2D eigenvalue weighted by Gasteiger charge is 2.50. The van der Waals surface area contributed by atoms with Gasteiger partial charge >= 0.3 is 0 Å². The number of hydrogen-bond donors (Lipinski definition) is 1. The van der Waals surface area contributed by atoms with E-state index in [1.54, 1.807) is 13.8 Å². The van der Waals surface area contributed by atoms with Gasteiger partial charge in [0.1, 0.15) is 5.82 Å². The van der Waals surface area contributed by atoms with Crippen LogP contribution in [-0.2, 0) is 32.9 Å². The summed E-state index contributed by atoms with van der Waals surface area (Å²) in [5, 5.41) is 0. The fourth-order valence-electron chi connectivity index (χ4n) is 8.51. The van der Waals surface area contributed by atoms with Crippen molar-refractivity contribution in [3.05, 3.63) is 34.6 Å². The van der Waals surface area contributed by atoms with E-state index >= 15 is 4.39 Å². The summed E-state index contributed by atoms with van der Waals surface area (Å²) in [6, 6.07) is 2.59. The van der Waals surface area contributed by atoms with Crippen LogP contribution in [0.1, 0.15) is 86.7 Å². The van der Waals surface area contributed by atoms with Gasteiger partial charge in [0.2, 0.25) is 37.8 Å². The van der Waals surface area contributed by atoms with Gasteiger partial charge in [-0.1, -0.05) is 6.07 Å². The van der Waals surface area contributed by atoms with Gasteiger partial charge in [-0.3, -0.25) is 14.6 Å². The average Bonchev–Trinajstić information content (AvgIpc) is 3.08. The number of nitrogens with two attached hydrogens (primary N) is 1. The number of sulfonamides is 2. The number of primary amides is 1. The van der Waals surface area contributed by atoms with Crippen LogP contribution < -0.4 is 5.73 Å². The molecule has 0 aromatic heterocycles.